The molecule has 2 saturated heterocycles. The quantitative estimate of drug-likeness (QED) is 0.488. The van der Waals surface area contributed by atoms with E-state index in [1.54, 1.807) is 0 Å². The normalized spacial score (nSPS) is 25.6. The standard InChI is InChI=1S/C27H33N7O/c1-18(35)15-32-16-23-13-22(32)17-34(23)27-31-24(14-26-29-10-11-33(26)27)21-8-9-28-25(12-21)30-19(2)20-6-4-3-5-7-20/h3-12,14,18-19,22-23,27,31,35H,13,15-17H2,1-2H3,(H,28,30). The number of β-amino-alcohol motifs (C(OH)–C–C–N with tert-alkyl or cyclic N) is 1. The number of hydrogen-bond acceptors (Lipinski definition) is 7. The van der Waals surface area contributed by atoms with E-state index >= 15 is 0 Å². The number of anilines is 1. The predicted molar refractivity (Wildman–Crippen MR) is 137 cm³/mol. The Morgan fingerprint density at radius 1 is 1.09 bits per heavy atom. The number of nitrogens with one attached hydrogen (secondary N) is 2. The summed E-state index contributed by atoms with van der Waals surface area (Å²) in [5.41, 5.74) is 3.36. The second kappa shape index (κ2) is 9.11. The first-order chi connectivity index (χ1) is 17.0. The van der Waals surface area contributed by atoms with Gasteiger partial charge in [0.25, 0.3) is 0 Å². The number of imidazole rings is 1. The van der Waals surface area contributed by atoms with Gasteiger partial charge < -0.3 is 15.7 Å². The Balaban J connectivity index is 1.22. The number of aliphatic hydroxyl groups excluding tert-OH is 1. The lowest BCUT2D eigenvalue weighted by molar-refractivity contribution is 0.0318. The summed E-state index contributed by atoms with van der Waals surface area (Å²) in [7, 11) is 0. The van der Waals surface area contributed by atoms with Crippen LogP contribution in [-0.4, -0.2) is 67.3 Å². The fourth-order valence-corrected chi connectivity index (χ4v) is 5.80. The summed E-state index contributed by atoms with van der Waals surface area (Å²) in [6, 6.07) is 15.7. The Morgan fingerprint density at radius 3 is 2.71 bits per heavy atom. The molecule has 5 unspecified atom stereocenters. The molecule has 3 aliphatic heterocycles. The van der Waals surface area contributed by atoms with Crippen LogP contribution in [0.3, 0.4) is 0 Å². The highest BCUT2D eigenvalue weighted by Crippen LogP contribution is 2.37. The molecule has 3 N–H and O–H groups in total. The molecule has 2 bridgehead atoms. The van der Waals surface area contributed by atoms with E-state index in [0.717, 1.165) is 49.0 Å². The maximum absolute atomic E-state index is 9.86. The zero-order chi connectivity index (χ0) is 23.9. The van der Waals surface area contributed by atoms with Gasteiger partial charge in [0.15, 0.2) is 6.29 Å². The van der Waals surface area contributed by atoms with Crippen LogP contribution in [0.1, 0.15) is 49.6 Å². The monoisotopic (exact) mass is 471 g/mol. The van der Waals surface area contributed by atoms with Crippen molar-refractivity contribution in [2.75, 3.05) is 25.0 Å². The molecule has 8 nitrogen and oxygen atoms in total. The van der Waals surface area contributed by atoms with Gasteiger partial charge in [0.1, 0.15) is 11.6 Å². The lowest BCUT2D eigenvalue weighted by atomic mass is 10.1. The minimum Gasteiger partial charge on any atom is -0.392 e. The lowest BCUT2D eigenvalue weighted by Gasteiger charge is -2.42. The number of likely N-dealkylation sites (tertiary alicyclic amines) is 2. The summed E-state index contributed by atoms with van der Waals surface area (Å²) < 4.78 is 2.22. The van der Waals surface area contributed by atoms with E-state index in [1.807, 2.05) is 31.5 Å². The molecule has 0 spiro atoms. The first-order valence-corrected chi connectivity index (χ1v) is 12.5. The average molecular weight is 472 g/mol. The van der Waals surface area contributed by atoms with Crippen molar-refractivity contribution in [2.24, 2.45) is 0 Å². The molecule has 6 rings (SSSR count). The fraction of sp³-hybridized carbons (Fsp3) is 0.407. The minimum absolute atomic E-state index is 0.0176. The molecule has 1 aromatic carbocycles. The zero-order valence-corrected chi connectivity index (χ0v) is 20.2. The highest BCUT2D eigenvalue weighted by molar-refractivity contribution is 5.80. The van der Waals surface area contributed by atoms with Crippen molar-refractivity contribution in [3.63, 3.8) is 0 Å². The van der Waals surface area contributed by atoms with E-state index in [0.29, 0.717) is 12.1 Å². The van der Waals surface area contributed by atoms with Crippen molar-refractivity contribution in [1.29, 1.82) is 0 Å². The van der Waals surface area contributed by atoms with Crippen molar-refractivity contribution < 1.29 is 5.11 Å². The fourth-order valence-electron chi connectivity index (χ4n) is 5.80. The molecule has 2 aromatic heterocycles. The van der Waals surface area contributed by atoms with Gasteiger partial charge in [-0.05, 0) is 38.0 Å². The molecular weight excluding hydrogens is 438 g/mol. The molecule has 8 heteroatoms. The van der Waals surface area contributed by atoms with Gasteiger partial charge in [-0.15, -0.1) is 0 Å². The van der Waals surface area contributed by atoms with Crippen LogP contribution in [0.5, 0.6) is 0 Å². The molecule has 0 saturated carbocycles. The molecule has 0 radical (unpaired) electrons. The van der Waals surface area contributed by atoms with Crippen LogP contribution < -0.4 is 10.6 Å². The number of nitrogens with zero attached hydrogens (tertiary/aromatic N) is 5. The van der Waals surface area contributed by atoms with E-state index in [1.165, 1.54) is 5.56 Å². The van der Waals surface area contributed by atoms with Crippen LogP contribution in [0.2, 0.25) is 0 Å². The van der Waals surface area contributed by atoms with Crippen LogP contribution in [0.25, 0.3) is 11.8 Å². The third-order valence-corrected chi connectivity index (χ3v) is 7.46. The third-order valence-electron chi connectivity index (χ3n) is 7.46. The number of benzene rings is 1. The summed E-state index contributed by atoms with van der Waals surface area (Å²) >= 11 is 0. The largest absolute Gasteiger partial charge is 0.392 e. The third kappa shape index (κ3) is 4.33. The maximum atomic E-state index is 9.86. The van der Waals surface area contributed by atoms with E-state index in [9.17, 15) is 5.11 Å². The molecule has 3 aromatic rings. The van der Waals surface area contributed by atoms with Gasteiger partial charge in [-0.1, -0.05) is 30.3 Å². The summed E-state index contributed by atoms with van der Waals surface area (Å²) in [6.07, 6.45) is 8.78. The van der Waals surface area contributed by atoms with E-state index in [-0.39, 0.29) is 18.4 Å². The van der Waals surface area contributed by atoms with Crippen molar-refractivity contribution in [3.8, 4) is 0 Å². The molecule has 182 valence electrons. The highest BCUT2D eigenvalue weighted by atomic mass is 16.3. The molecule has 2 fully saturated rings. The molecule has 0 aliphatic carbocycles. The maximum Gasteiger partial charge on any atom is 0.163 e. The number of piperazine rings is 1. The summed E-state index contributed by atoms with van der Waals surface area (Å²) in [6.45, 7) is 6.76. The zero-order valence-electron chi connectivity index (χ0n) is 20.2. The minimum atomic E-state index is -0.288. The second-order valence-corrected chi connectivity index (χ2v) is 10.0. The number of rotatable bonds is 7. The van der Waals surface area contributed by atoms with E-state index in [2.05, 4.69) is 84.5 Å². The molecular formula is C27H33N7O. The van der Waals surface area contributed by atoms with Gasteiger partial charge in [0.2, 0.25) is 0 Å². The predicted octanol–water partition coefficient (Wildman–Crippen LogP) is 3.15. The number of aromatic nitrogens is 3. The van der Waals surface area contributed by atoms with Crippen LogP contribution in [0.15, 0.2) is 61.1 Å². The number of fused-ring (bicyclic) bond motifs is 3. The molecule has 5 atom stereocenters. The van der Waals surface area contributed by atoms with Gasteiger partial charge in [-0.25, -0.2) is 9.97 Å². The summed E-state index contributed by atoms with van der Waals surface area (Å²) in [4.78, 5) is 14.2. The second-order valence-electron chi connectivity index (χ2n) is 10.0. The molecule has 5 heterocycles. The number of aliphatic hydroxyl groups is 1. The SMILES string of the molecule is CC(O)CN1CC2CC1CN2C1NC(c2ccnc(NC(C)c3ccccc3)c2)=Cc2nccn21. The number of hydrogen-bond donors (Lipinski definition) is 3. The summed E-state index contributed by atoms with van der Waals surface area (Å²) in [5, 5.41) is 17.2. The van der Waals surface area contributed by atoms with Crippen LogP contribution in [0.4, 0.5) is 5.82 Å². The number of pyridine rings is 1. The van der Waals surface area contributed by atoms with Gasteiger partial charge in [-0.2, -0.15) is 0 Å². The lowest BCUT2D eigenvalue weighted by Crippen LogP contribution is -2.53. The molecule has 0 amide bonds. The topological polar surface area (TPSA) is 81.5 Å². The van der Waals surface area contributed by atoms with Crippen LogP contribution >= 0.6 is 0 Å². The van der Waals surface area contributed by atoms with Crippen molar-refractivity contribution >= 4 is 17.6 Å². The Bertz CT molecular complexity index is 1210. The van der Waals surface area contributed by atoms with Gasteiger partial charge in [-0.3, -0.25) is 14.4 Å². The highest BCUT2D eigenvalue weighted by Gasteiger charge is 2.47. The Kier molecular flexibility index (Phi) is 5.80. The first-order valence-electron chi connectivity index (χ1n) is 12.5. The van der Waals surface area contributed by atoms with Crippen molar-refractivity contribution in [3.05, 3.63) is 78.0 Å². The van der Waals surface area contributed by atoms with Crippen LogP contribution in [0, 0.1) is 0 Å². The Hall–Kier alpha value is -3.20. The van der Waals surface area contributed by atoms with Crippen molar-refractivity contribution in [2.45, 2.75) is 50.8 Å². The van der Waals surface area contributed by atoms with E-state index in [4.69, 9.17) is 0 Å². The van der Waals surface area contributed by atoms with Crippen molar-refractivity contribution in [1.82, 2.24) is 29.7 Å². The van der Waals surface area contributed by atoms with Gasteiger partial charge in [0, 0.05) is 73.7 Å². The van der Waals surface area contributed by atoms with Gasteiger partial charge >= 0.3 is 0 Å². The molecule has 3 aliphatic rings. The first kappa shape index (κ1) is 22.3. The molecule has 35 heavy (non-hydrogen) atoms. The smallest absolute Gasteiger partial charge is 0.163 e. The van der Waals surface area contributed by atoms with Crippen LogP contribution in [-0.2, 0) is 0 Å². The Morgan fingerprint density at radius 2 is 1.94 bits per heavy atom. The summed E-state index contributed by atoms with van der Waals surface area (Å²) in [5.74, 6) is 1.80. The Labute approximate surface area is 206 Å². The van der Waals surface area contributed by atoms with E-state index < -0.39 is 0 Å². The van der Waals surface area contributed by atoms with Gasteiger partial charge in [0.05, 0.1) is 6.10 Å². The average Bonchev–Trinajstić information content (AvgIpc) is 3.59.